The first-order chi connectivity index (χ1) is 20.2. The molecular weight excluding hydrogens is 520 g/mol. The summed E-state index contributed by atoms with van der Waals surface area (Å²) in [4.78, 5) is 11.5. The van der Waals surface area contributed by atoms with Gasteiger partial charge in [-0.1, -0.05) is 63.3 Å². The average Bonchev–Trinajstić information content (AvgIpc) is 3.01. The molecule has 0 radical (unpaired) electrons. The van der Waals surface area contributed by atoms with Gasteiger partial charge in [0.15, 0.2) is 0 Å². The summed E-state index contributed by atoms with van der Waals surface area (Å²) in [5, 5.41) is 0. The Kier molecular flexibility index (Phi) is 15.2. The highest BCUT2D eigenvalue weighted by Crippen LogP contribution is 2.27. The molecule has 7 nitrogen and oxygen atoms in total. The van der Waals surface area contributed by atoms with Crippen molar-refractivity contribution in [1.29, 1.82) is 0 Å². The Morgan fingerprint density at radius 1 is 0.561 bits per heavy atom. The first-order valence-electron chi connectivity index (χ1n) is 14.6. The quantitative estimate of drug-likeness (QED) is 0.0988. The first-order valence-corrected chi connectivity index (χ1v) is 14.6. The number of hydrogen-bond donors (Lipinski definition) is 0. The maximum absolute atomic E-state index is 11.5. The zero-order chi connectivity index (χ0) is 29.0. The van der Waals surface area contributed by atoms with Gasteiger partial charge in [-0.15, -0.1) is 0 Å². The summed E-state index contributed by atoms with van der Waals surface area (Å²) < 4.78 is 33.4. The number of unbranched alkanes of at least 4 members (excludes halogenated alkanes) is 5. The fraction of sp³-hybridized carbons (Fsp3) is 0.441. The van der Waals surface area contributed by atoms with Crippen molar-refractivity contribution in [3.05, 3.63) is 78.4 Å². The van der Waals surface area contributed by atoms with Crippen molar-refractivity contribution < 1.29 is 33.2 Å². The molecule has 3 rings (SSSR count). The van der Waals surface area contributed by atoms with Crippen molar-refractivity contribution >= 4 is 5.97 Å². The minimum absolute atomic E-state index is 0.371. The molecule has 0 fully saturated rings. The van der Waals surface area contributed by atoms with E-state index in [2.05, 4.69) is 29.9 Å². The molecule has 0 atom stereocenters. The van der Waals surface area contributed by atoms with Crippen molar-refractivity contribution in [3.63, 3.8) is 0 Å². The summed E-state index contributed by atoms with van der Waals surface area (Å²) in [7, 11) is 1.36. The number of hydrogen-bond acceptors (Lipinski definition) is 7. The maximum Gasteiger partial charge on any atom is 0.337 e. The van der Waals surface area contributed by atoms with Gasteiger partial charge in [0.25, 0.3) is 0 Å². The summed E-state index contributed by atoms with van der Waals surface area (Å²) in [5.74, 6) is 2.00. The van der Waals surface area contributed by atoms with Gasteiger partial charge in [-0.25, -0.2) is 4.79 Å². The van der Waals surface area contributed by atoms with Gasteiger partial charge < -0.3 is 28.4 Å². The van der Waals surface area contributed by atoms with E-state index in [0.717, 1.165) is 35.7 Å². The third-order valence-electron chi connectivity index (χ3n) is 6.41. The predicted octanol–water partition coefficient (Wildman–Crippen LogP) is 7.37. The molecule has 0 aliphatic rings. The topological polar surface area (TPSA) is 72.5 Å². The van der Waals surface area contributed by atoms with Crippen molar-refractivity contribution in [2.75, 3.05) is 53.4 Å². The molecule has 222 valence electrons. The van der Waals surface area contributed by atoms with Crippen LogP contribution in [0.1, 0.15) is 55.8 Å². The predicted molar refractivity (Wildman–Crippen MR) is 161 cm³/mol. The lowest BCUT2D eigenvalue weighted by Gasteiger charge is -2.11. The number of carbonyl (C=O) groups excluding carboxylic acids is 1. The van der Waals surface area contributed by atoms with E-state index in [1.54, 1.807) is 24.3 Å². The second-order valence-corrected chi connectivity index (χ2v) is 9.61. The van der Waals surface area contributed by atoms with Gasteiger partial charge in [0.05, 0.1) is 45.7 Å². The Morgan fingerprint density at radius 3 is 1.66 bits per heavy atom. The second-order valence-electron chi connectivity index (χ2n) is 9.61. The van der Waals surface area contributed by atoms with E-state index in [1.165, 1.54) is 39.2 Å². The number of methoxy groups -OCH3 is 1. The third-order valence-corrected chi connectivity index (χ3v) is 6.41. The zero-order valence-electron chi connectivity index (χ0n) is 24.5. The van der Waals surface area contributed by atoms with Crippen LogP contribution in [0.3, 0.4) is 0 Å². The summed E-state index contributed by atoms with van der Waals surface area (Å²) in [5.41, 5.74) is 2.68. The minimum atomic E-state index is -0.371. The van der Waals surface area contributed by atoms with Gasteiger partial charge in [-0.2, -0.15) is 0 Å². The molecular formula is C34H44O7. The molecule has 3 aromatic carbocycles. The highest BCUT2D eigenvalue weighted by molar-refractivity contribution is 5.89. The Morgan fingerprint density at radius 2 is 1.07 bits per heavy atom. The lowest BCUT2D eigenvalue weighted by molar-refractivity contribution is 0.0273. The fourth-order valence-electron chi connectivity index (χ4n) is 4.17. The molecule has 0 aliphatic heterocycles. The van der Waals surface area contributed by atoms with Crippen LogP contribution in [-0.4, -0.2) is 59.3 Å². The van der Waals surface area contributed by atoms with Gasteiger partial charge in [-0.3, -0.25) is 0 Å². The van der Waals surface area contributed by atoms with Crippen LogP contribution in [0.4, 0.5) is 0 Å². The Balaban J connectivity index is 1.25. The van der Waals surface area contributed by atoms with Gasteiger partial charge >= 0.3 is 5.97 Å². The monoisotopic (exact) mass is 564 g/mol. The number of benzene rings is 3. The molecule has 41 heavy (non-hydrogen) atoms. The first kappa shape index (κ1) is 32.0. The molecule has 0 bridgehead atoms. The van der Waals surface area contributed by atoms with Crippen molar-refractivity contribution in [2.45, 2.75) is 45.4 Å². The van der Waals surface area contributed by atoms with Gasteiger partial charge in [-0.05, 0) is 66.1 Å². The molecule has 0 spiro atoms. The molecule has 0 saturated carbocycles. The molecule has 0 N–H and O–H groups in total. The number of rotatable bonds is 21. The van der Waals surface area contributed by atoms with Gasteiger partial charge in [0.1, 0.15) is 30.5 Å². The van der Waals surface area contributed by atoms with E-state index in [-0.39, 0.29) is 5.97 Å². The lowest BCUT2D eigenvalue weighted by atomic mass is 10.1. The van der Waals surface area contributed by atoms with Crippen LogP contribution in [0, 0.1) is 0 Å². The average molecular weight is 565 g/mol. The van der Waals surface area contributed by atoms with Crippen LogP contribution < -0.4 is 14.2 Å². The molecule has 0 amide bonds. The van der Waals surface area contributed by atoms with E-state index >= 15 is 0 Å². The highest BCUT2D eigenvalue weighted by Gasteiger charge is 2.05. The van der Waals surface area contributed by atoms with Crippen LogP contribution >= 0.6 is 0 Å². The van der Waals surface area contributed by atoms with Gasteiger partial charge in [0.2, 0.25) is 0 Å². The molecule has 0 saturated heterocycles. The van der Waals surface area contributed by atoms with Crippen molar-refractivity contribution in [1.82, 2.24) is 0 Å². The Hall–Kier alpha value is -3.55. The van der Waals surface area contributed by atoms with Crippen LogP contribution in [0.2, 0.25) is 0 Å². The number of esters is 1. The number of ether oxygens (including phenoxy) is 6. The Labute approximate surface area is 244 Å². The van der Waals surface area contributed by atoms with Crippen LogP contribution in [0.25, 0.3) is 11.1 Å². The van der Waals surface area contributed by atoms with E-state index in [4.69, 9.17) is 23.7 Å². The summed E-state index contributed by atoms with van der Waals surface area (Å²) in [6.45, 7) is 5.71. The van der Waals surface area contributed by atoms with Crippen LogP contribution in [0.5, 0.6) is 17.2 Å². The van der Waals surface area contributed by atoms with E-state index in [0.29, 0.717) is 51.0 Å². The smallest absolute Gasteiger partial charge is 0.337 e. The number of carbonyl (C=O) groups is 1. The van der Waals surface area contributed by atoms with Gasteiger partial charge in [0, 0.05) is 0 Å². The SMILES string of the molecule is CCCCCCCCOc1cccc(-c2cccc(OCCOCCOCCOc3ccc(C(=O)OC)cc3)c2)c1. The van der Waals surface area contributed by atoms with E-state index in [1.807, 2.05) is 30.3 Å². The fourth-order valence-corrected chi connectivity index (χ4v) is 4.17. The minimum Gasteiger partial charge on any atom is -0.494 e. The molecule has 0 unspecified atom stereocenters. The molecule has 0 aliphatic carbocycles. The van der Waals surface area contributed by atoms with Crippen LogP contribution in [0.15, 0.2) is 72.8 Å². The Bertz CT molecular complexity index is 1130. The van der Waals surface area contributed by atoms with E-state index < -0.39 is 0 Å². The molecule has 0 heterocycles. The van der Waals surface area contributed by atoms with E-state index in [9.17, 15) is 4.79 Å². The largest absolute Gasteiger partial charge is 0.494 e. The van der Waals surface area contributed by atoms with Crippen molar-refractivity contribution in [3.8, 4) is 28.4 Å². The summed E-state index contributed by atoms with van der Waals surface area (Å²) >= 11 is 0. The maximum atomic E-state index is 11.5. The summed E-state index contributed by atoms with van der Waals surface area (Å²) in [6, 6.07) is 23.1. The van der Waals surface area contributed by atoms with Crippen molar-refractivity contribution in [2.24, 2.45) is 0 Å². The lowest BCUT2D eigenvalue weighted by Crippen LogP contribution is -2.13. The standard InChI is InChI=1S/C34H44O7/c1-3-4-5-6-7-8-19-39-32-13-9-11-29(26-32)30-12-10-14-33(27-30)41-25-23-38-21-20-37-22-24-40-31-17-15-28(16-18-31)34(35)36-2/h9-18,26-27H,3-8,19-25H2,1-2H3. The third kappa shape index (κ3) is 12.7. The highest BCUT2D eigenvalue weighted by atomic mass is 16.6. The molecule has 3 aromatic rings. The normalized spacial score (nSPS) is 10.8. The van der Waals surface area contributed by atoms with Crippen LogP contribution in [-0.2, 0) is 14.2 Å². The summed E-state index contributed by atoms with van der Waals surface area (Å²) in [6.07, 6.45) is 7.52. The zero-order valence-corrected chi connectivity index (χ0v) is 24.5. The second kappa shape index (κ2) is 19.5. The molecule has 7 heteroatoms. The molecule has 0 aromatic heterocycles.